The first-order chi connectivity index (χ1) is 5.16. The Morgan fingerprint density at radius 1 is 1.73 bits per heavy atom. The number of carbonyl (C=O) groups is 1. The van der Waals surface area contributed by atoms with Crippen molar-refractivity contribution in [3.8, 4) is 0 Å². The van der Waals surface area contributed by atoms with E-state index in [1.807, 2.05) is 0 Å². The Kier molecular flexibility index (Phi) is 1.94. The van der Waals surface area contributed by atoms with E-state index in [0.29, 0.717) is 12.1 Å². The van der Waals surface area contributed by atoms with Crippen LogP contribution in [-0.2, 0) is 4.79 Å². The van der Waals surface area contributed by atoms with Gasteiger partial charge in [-0.05, 0) is 6.72 Å². The SMILES string of the molecule is [B]N1C/C(=C/N=C)C(=C)C1=O. The molecule has 1 rings (SSSR count). The minimum atomic E-state index is -0.250. The molecule has 0 spiro atoms. The molecule has 0 bridgehead atoms. The van der Waals surface area contributed by atoms with E-state index in [1.165, 1.54) is 6.20 Å². The van der Waals surface area contributed by atoms with E-state index in [0.717, 1.165) is 10.4 Å². The fraction of sp³-hybridized carbons (Fsp3) is 0.143. The first-order valence-corrected chi connectivity index (χ1v) is 3.07. The summed E-state index contributed by atoms with van der Waals surface area (Å²) in [6.45, 7) is 7.20. The second kappa shape index (κ2) is 2.74. The third-order valence-electron chi connectivity index (χ3n) is 1.49. The third kappa shape index (κ3) is 1.24. The van der Waals surface area contributed by atoms with Crippen molar-refractivity contribution in [2.75, 3.05) is 6.54 Å². The molecule has 0 aromatic rings. The quantitative estimate of drug-likeness (QED) is 0.292. The van der Waals surface area contributed by atoms with Gasteiger partial charge in [0, 0.05) is 23.9 Å². The van der Waals surface area contributed by atoms with Gasteiger partial charge in [0.15, 0.2) is 0 Å². The molecule has 11 heavy (non-hydrogen) atoms. The molecule has 1 saturated heterocycles. The Hall–Kier alpha value is -1.32. The summed E-state index contributed by atoms with van der Waals surface area (Å²) in [5, 5.41) is 0. The van der Waals surface area contributed by atoms with E-state index in [9.17, 15) is 4.79 Å². The lowest BCUT2D eigenvalue weighted by Gasteiger charge is -2.03. The summed E-state index contributed by atoms with van der Waals surface area (Å²) in [4.78, 5) is 15.6. The molecule has 0 saturated carbocycles. The van der Waals surface area contributed by atoms with Crippen molar-refractivity contribution in [1.82, 2.24) is 4.81 Å². The van der Waals surface area contributed by atoms with Crippen LogP contribution in [0.3, 0.4) is 0 Å². The number of amides is 1. The van der Waals surface area contributed by atoms with Gasteiger partial charge in [0.2, 0.25) is 13.9 Å². The molecule has 3 nitrogen and oxygen atoms in total. The molecule has 1 fully saturated rings. The Morgan fingerprint density at radius 2 is 2.36 bits per heavy atom. The van der Waals surface area contributed by atoms with Gasteiger partial charge in [-0.1, -0.05) is 6.58 Å². The Bertz CT molecular complexity index is 257. The molecule has 1 amide bonds. The smallest absolute Gasteiger partial charge is 0.241 e. The van der Waals surface area contributed by atoms with Crippen molar-refractivity contribution in [2.45, 2.75) is 0 Å². The molecule has 2 radical (unpaired) electrons. The second-order valence-electron chi connectivity index (χ2n) is 2.25. The van der Waals surface area contributed by atoms with Crippen molar-refractivity contribution in [2.24, 2.45) is 4.99 Å². The topological polar surface area (TPSA) is 32.7 Å². The number of carbonyl (C=O) groups excluding carboxylic acids is 1. The number of rotatable bonds is 1. The molecule has 1 aliphatic rings. The molecule has 1 heterocycles. The summed E-state index contributed by atoms with van der Waals surface area (Å²) in [6.07, 6.45) is 1.49. The van der Waals surface area contributed by atoms with Crippen LogP contribution in [0.4, 0.5) is 0 Å². The molecular formula is C7H7BN2O. The first kappa shape index (κ1) is 7.79. The zero-order valence-corrected chi connectivity index (χ0v) is 6.08. The van der Waals surface area contributed by atoms with Crippen LogP contribution < -0.4 is 0 Å². The first-order valence-electron chi connectivity index (χ1n) is 3.07. The van der Waals surface area contributed by atoms with Gasteiger partial charge in [-0.2, -0.15) is 0 Å². The molecule has 0 atom stereocenters. The van der Waals surface area contributed by atoms with Gasteiger partial charge in [0.05, 0.1) is 0 Å². The summed E-state index contributed by atoms with van der Waals surface area (Å²) in [5.41, 5.74) is 1.13. The molecule has 0 unspecified atom stereocenters. The van der Waals surface area contributed by atoms with Crippen LogP contribution in [0.1, 0.15) is 0 Å². The number of aliphatic imine (C=N–C) groups is 1. The van der Waals surface area contributed by atoms with Crippen molar-refractivity contribution < 1.29 is 4.79 Å². The van der Waals surface area contributed by atoms with E-state index in [1.54, 1.807) is 0 Å². The lowest BCUT2D eigenvalue weighted by Crippen LogP contribution is -2.20. The Balaban J connectivity index is 2.92. The van der Waals surface area contributed by atoms with Crippen LogP contribution >= 0.6 is 0 Å². The van der Waals surface area contributed by atoms with Crippen LogP contribution in [0.15, 0.2) is 28.9 Å². The summed E-state index contributed by atoms with van der Waals surface area (Å²) in [5.74, 6) is -0.250. The molecule has 0 aliphatic carbocycles. The average Bonchev–Trinajstić information content (AvgIpc) is 2.19. The van der Waals surface area contributed by atoms with Crippen LogP contribution in [0.5, 0.6) is 0 Å². The van der Waals surface area contributed by atoms with E-state index in [4.69, 9.17) is 7.98 Å². The van der Waals surface area contributed by atoms with Crippen molar-refractivity contribution in [3.63, 3.8) is 0 Å². The second-order valence-corrected chi connectivity index (χ2v) is 2.25. The number of hydrogen-bond acceptors (Lipinski definition) is 2. The third-order valence-corrected chi connectivity index (χ3v) is 1.49. The van der Waals surface area contributed by atoms with Gasteiger partial charge >= 0.3 is 0 Å². The maximum atomic E-state index is 11.0. The van der Waals surface area contributed by atoms with Crippen LogP contribution in [0.2, 0.25) is 0 Å². The lowest BCUT2D eigenvalue weighted by molar-refractivity contribution is -0.120. The van der Waals surface area contributed by atoms with Crippen molar-refractivity contribution in [1.29, 1.82) is 0 Å². The fourth-order valence-electron chi connectivity index (χ4n) is 0.890. The van der Waals surface area contributed by atoms with E-state index < -0.39 is 0 Å². The van der Waals surface area contributed by atoms with Crippen molar-refractivity contribution in [3.05, 3.63) is 23.9 Å². The highest BCUT2D eigenvalue weighted by Crippen LogP contribution is 2.19. The molecule has 0 N–H and O–H groups in total. The van der Waals surface area contributed by atoms with Crippen LogP contribution in [0.25, 0.3) is 0 Å². The maximum absolute atomic E-state index is 11.0. The predicted octanol–water partition coefficient (Wildman–Crippen LogP) is 0.0528. The molecule has 0 aromatic carbocycles. The van der Waals surface area contributed by atoms with Gasteiger partial charge in [-0.25, -0.2) is 0 Å². The van der Waals surface area contributed by atoms with Gasteiger partial charge in [0.25, 0.3) is 0 Å². The van der Waals surface area contributed by atoms with Gasteiger partial charge < -0.3 is 4.81 Å². The Morgan fingerprint density at radius 3 is 2.73 bits per heavy atom. The number of hydrogen-bond donors (Lipinski definition) is 0. The number of nitrogens with zero attached hydrogens (tertiary/aromatic N) is 2. The zero-order chi connectivity index (χ0) is 8.43. The monoisotopic (exact) mass is 146 g/mol. The van der Waals surface area contributed by atoms with Gasteiger partial charge in [-0.15, -0.1) is 0 Å². The standard InChI is InChI=1S/C7H7BN2O/c1-5-6(3-9-2)4-10(8)7(5)11/h3H,1-2,4H2/b6-3-. The molecule has 54 valence electrons. The summed E-state index contributed by atoms with van der Waals surface area (Å²) in [6, 6.07) is 0. The maximum Gasteiger partial charge on any atom is 0.241 e. The zero-order valence-electron chi connectivity index (χ0n) is 6.08. The molecular weight excluding hydrogens is 139 g/mol. The highest BCUT2D eigenvalue weighted by molar-refractivity contribution is 6.21. The summed E-state index contributed by atoms with van der Waals surface area (Å²) < 4.78 is 0. The van der Waals surface area contributed by atoms with Gasteiger partial charge in [-0.3, -0.25) is 9.79 Å². The lowest BCUT2D eigenvalue weighted by atomic mass is 10.2. The Labute approximate surface area is 66.5 Å². The normalized spacial score (nSPS) is 21.5. The van der Waals surface area contributed by atoms with E-state index in [2.05, 4.69) is 18.3 Å². The molecule has 4 heteroatoms. The average molecular weight is 146 g/mol. The van der Waals surface area contributed by atoms with Crippen LogP contribution in [-0.4, -0.2) is 32.0 Å². The minimum absolute atomic E-state index is 0.250. The summed E-state index contributed by atoms with van der Waals surface area (Å²) >= 11 is 0. The minimum Gasteiger partial charge on any atom is -0.389 e. The van der Waals surface area contributed by atoms with Gasteiger partial charge in [0.1, 0.15) is 0 Å². The molecule has 0 aromatic heterocycles. The van der Waals surface area contributed by atoms with E-state index >= 15 is 0 Å². The largest absolute Gasteiger partial charge is 0.389 e. The van der Waals surface area contributed by atoms with E-state index in [-0.39, 0.29) is 5.91 Å². The predicted molar refractivity (Wildman–Crippen MR) is 44.2 cm³/mol. The van der Waals surface area contributed by atoms with Crippen LogP contribution in [0, 0.1) is 0 Å². The fourth-order valence-corrected chi connectivity index (χ4v) is 0.890. The highest BCUT2D eigenvalue weighted by atomic mass is 16.2. The van der Waals surface area contributed by atoms with Crippen molar-refractivity contribution >= 4 is 20.6 Å². The highest BCUT2D eigenvalue weighted by Gasteiger charge is 2.24. The molecule has 1 aliphatic heterocycles. The summed E-state index contributed by atoms with van der Waals surface area (Å²) in [7, 11) is 5.31.